The van der Waals surface area contributed by atoms with Crippen LogP contribution < -0.4 is 5.73 Å². The topological polar surface area (TPSA) is 66.5 Å². The molecule has 1 aliphatic rings. The minimum absolute atomic E-state index is 0.119. The van der Waals surface area contributed by atoms with Crippen LogP contribution in [-0.2, 0) is 0 Å². The van der Waals surface area contributed by atoms with Gasteiger partial charge in [-0.3, -0.25) is 0 Å². The molecule has 0 aromatic carbocycles. The quantitative estimate of drug-likeness (QED) is 0.602. The van der Waals surface area contributed by atoms with Crippen LogP contribution in [0.5, 0.6) is 0 Å². The van der Waals surface area contributed by atoms with E-state index >= 15 is 0 Å². The van der Waals surface area contributed by atoms with Crippen LogP contribution in [0.15, 0.2) is 0 Å². The van der Waals surface area contributed by atoms with E-state index in [4.69, 9.17) is 10.8 Å². The Hall–Kier alpha value is -0.120. The molecule has 1 fully saturated rings. The molecule has 4 N–H and O–H groups in total. The number of hydrogen-bond donors (Lipinski definition) is 3. The fourth-order valence-electron chi connectivity index (χ4n) is 2.25. The van der Waals surface area contributed by atoms with Gasteiger partial charge in [-0.2, -0.15) is 0 Å². The van der Waals surface area contributed by atoms with Crippen molar-refractivity contribution in [3.8, 4) is 0 Å². The Morgan fingerprint density at radius 1 is 1.46 bits per heavy atom. The van der Waals surface area contributed by atoms with Gasteiger partial charge in [0.05, 0.1) is 18.8 Å². The molecule has 0 unspecified atom stereocenters. The van der Waals surface area contributed by atoms with Crippen LogP contribution in [0.3, 0.4) is 0 Å². The van der Waals surface area contributed by atoms with Gasteiger partial charge < -0.3 is 15.9 Å². The van der Waals surface area contributed by atoms with Crippen molar-refractivity contribution in [2.75, 3.05) is 6.61 Å². The molecular formula is C10H21NO2. The number of nitrogens with two attached hydrogens (primary N) is 1. The van der Waals surface area contributed by atoms with E-state index in [-0.39, 0.29) is 6.61 Å². The number of aliphatic hydroxyl groups excluding tert-OH is 2. The van der Waals surface area contributed by atoms with Crippen molar-refractivity contribution in [2.24, 2.45) is 17.6 Å². The average molecular weight is 187 g/mol. The van der Waals surface area contributed by atoms with E-state index in [1.54, 1.807) is 0 Å². The van der Waals surface area contributed by atoms with Crippen LogP contribution >= 0.6 is 0 Å². The number of rotatable bonds is 3. The minimum Gasteiger partial charge on any atom is -0.395 e. The van der Waals surface area contributed by atoms with Gasteiger partial charge >= 0.3 is 0 Å². The summed E-state index contributed by atoms with van der Waals surface area (Å²) in [6, 6.07) is -0.463. The van der Waals surface area contributed by atoms with Crippen molar-refractivity contribution in [2.45, 2.75) is 44.8 Å². The highest BCUT2D eigenvalue weighted by Gasteiger charge is 2.28. The molecule has 78 valence electrons. The van der Waals surface area contributed by atoms with Crippen molar-refractivity contribution in [3.63, 3.8) is 0 Å². The standard InChI is InChI=1S/C10H21NO2/c1-7-3-2-4-8(5-7)10(13)9(11)6-12/h7-10,12-13H,2-6,11H2,1H3/t7-,8+,9+,10+/m1/s1. The van der Waals surface area contributed by atoms with Gasteiger partial charge in [-0.25, -0.2) is 0 Å². The van der Waals surface area contributed by atoms with Crippen molar-refractivity contribution in [1.29, 1.82) is 0 Å². The summed E-state index contributed by atoms with van der Waals surface area (Å²) in [6.45, 7) is 2.09. The Bertz CT molecular complexity index is 152. The molecule has 13 heavy (non-hydrogen) atoms. The molecule has 1 aliphatic carbocycles. The summed E-state index contributed by atoms with van der Waals surface area (Å²) in [5.41, 5.74) is 5.59. The fraction of sp³-hybridized carbons (Fsp3) is 1.00. The molecule has 0 saturated heterocycles. The maximum absolute atomic E-state index is 9.78. The Kier molecular flexibility index (Phi) is 4.16. The van der Waals surface area contributed by atoms with Crippen molar-refractivity contribution < 1.29 is 10.2 Å². The van der Waals surface area contributed by atoms with Gasteiger partial charge in [0.2, 0.25) is 0 Å². The molecule has 0 spiro atoms. The lowest BCUT2D eigenvalue weighted by molar-refractivity contribution is 0.0337. The minimum atomic E-state index is -0.521. The van der Waals surface area contributed by atoms with Crippen LogP contribution in [0.1, 0.15) is 32.6 Å². The van der Waals surface area contributed by atoms with Crippen LogP contribution in [0.4, 0.5) is 0 Å². The predicted octanol–water partition coefficient (Wildman–Crippen LogP) is 0.493. The fourth-order valence-corrected chi connectivity index (χ4v) is 2.25. The van der Waals surface area contributed by atoms with Crippen molar-refractivity contribution in [1.82, 2.24) is 0 Å². The molecule has 1 saturated carbocycles. The van der Waals surface area contributed by atoms with Gasteiger partial charge in [-0.15, -0.1) is 0 Å². The Morgan fingerprint density at radius 2 is 2.15 bits per heavy atom. The average Bonchev–Trinajstić information content (AvgIpc) is 2.15. The summed E-state index contributed by atoms with van der Waals surface area (Å²) in [5, 5.41) is 18.6. The Morgan fingerprint density at radius 3 is 2.69 bits per heavy atom. The summed E-state index contributed by atoms with van der Waals surface area (Å²) in [7, 11) is 0. The SMILES string of the molecule is C[C@@H]1CCC[C@H]([C@H](O)[C@@H](N)CO)C1. The summed E-state index contributed by atoms with van der Waals surface area (Å²) in [5.74, 6) is 0.991. The van der Waals surface area contributed by atoms with E-state index < -0.39 is 12.1 Å². The van der Waals surface area contributed by atoms with E-state index in [2.05, 4.69) is 6.92 Å². The van der Waals surface area contributed by atoms with Gasteiger partial charge in [-0.05, 0) is 24.7 Å². The summed E-state index contributed by atoms with van der Waals surface area (Å²) >= 11 is 0. The van der Waals surface area contributed by atoms with E-state index in [0.717, 1.165) is 12.8 Å². The molecule has 0 heterocycles. The number of aliphatic hydroxyl groups is 2. The molecule has 3 heteroatoms. The molecule has 0 aliphatic heterocycles. The molecule has 1 rings (SSSR count). The second-order valence-corrected chi connectivity index (χ2v) is 4.37. The normalized spacial score (nSPS) is 34.2. The maximum atomic E-state index is 9.78. The van der Waals surface area contributed by atoms with Gasteiger partial charge in [0.1, 0.15) is 0 Å². The lowest BCUT2D eigenvalue weighted by Crippen LogP contribution is -2.43. The number of hydrogen-bond acceptors (Lipinski definition) is 3. The lowest BCUT2D eigenvalue weighted by Gasteiger charge is -2.32. The van der Waals surface area contributed by atoms with Gasteiger partial charge in [0.25, 0.3) is 0 Å². The first-order valence-electron chi connectivity index (χ1n) is 5.19. The predicted molar refractivity (Wildman–Crippen MR) is 52.2 cm³/mol. The molecule has 0 radical (unpaired) electrons. The zero-order valence-electron chi connectivity index (χ0n) is 8.32. The zero-order chi connectivity index (χ0) is 9.84. The first kappa shape index (κ1) is 11.0. The van der Waals surface area contributed by atoms with E-state index in [9.17, 15) is 5.11 Å². The molecule has 4 atom stereocenters. The first-order valence-corrected chi connectivity index (χ1v) is 5.19. The monoisotopic (exact) mass is 187 g/mol. The smallest absolute Gasteiger partial charge is 0.0741 e. The second kappa shape index (κ2) is 4.94. The second-order valence-electron chi connectivity index (χ2n) is 4.37. The largest absolute Gasteiger partial charge is 0.395 e. The highest BCUT2D eigenvalue weighted by atomic mass is 16.3. The molecule has 0 amide bonds. The third-order valence-electron chi connectivity index (χ3n) is 3.11. The Balaban J connectivity index is 2.41. The highest BCUT2D eigenvalue weighted by Crippen LogP contribution is 2.31. The molecule has 0 aromatic rings. The maximum Gasteiger partial charge on any atom is 0.0741 e. The summed E-state index contributed by atoms with van der Waals surface area (Å²) in [4.78, 5) is 0. The van der Waals surface area contributed by atoms with E-state index in [0.29, 0.717) is 11.8 Å². The zero-order valence-corrected chi connectivity index (χ0v) is 8.32. The molecule has 3 nitrogen and oxygen atoms in total. The van der Waals surface area contributed by atoms with Crippen LogP contribution in [0, 0.1) is 11.8 Å². The van der Waals surface area contributed by atoms with Gasteiger partial charge in [0, 0.05) is 0 Å². The van der Waals surface area contributed by atoms with Crippen LogP contribution in [-0.4, -0.2) is 29.0 Å². The third-order valence-corrected chi connectivity index (χ3v) is 3.11. The van der Waals surface area contributed by atoms with Crippen LogP contribution in [0.25, 0.3) is 0 Å². The highest BCUT2D eigenvalue weighted by molar-refractivity contribution is 4.82. The van der Waals surface area contributed by atoms with E-state index in [1.165, 1.54) is 12.8 Å². The third kappa shape index (κ3) is 2.93. The molecule has 0 bridgehead atoms. The van der Waals surface area contributed by atoms with Crippen molar-refractivity contribution >= 4 is 0 Å². The molecular weight excluding hydrogens is 166 g/mol. The van der Waals surface area contributed by atoms with Crippen LogP contribution in [0.2, 0.25) is 0 Å². The van der Waals surface area contributed by atoms with E-state index in [1.807, 2.05) is 0 Å². The first-order chi connectivity index (χ1) is 6.15. The van der Waals surface area contributed by atoms with Gasteiger partial charge in [-0.1, -0.05) is 19.8 Å². The molecule has 0 aromatic heterocycles. The Labute approximate surface area is 79.9 Å². The van der Waals surface area contributed by atoms with Crippen molar-refractivity contribution in [3.05, 3.63) is 0 Å². The lowest BCUT2D eigenvalue weighted by atomic mass is 9.78. The van der Waals surface area contributed by atoms with Gasteiger partial charge in [0.15, 0.2) is 0 Å². The summed E-state index contributed by atoms with van der Waals surface area (Å²) in [6.07, 6.45) is 4.03. The summed E-state index contributed by atoms with van der Waals surface area (Å²) < 4.78 is 0.